The lowest BCUT2D eigenvalue weighted by atomic mass is 9.87. The van der Waals surface area contributed by atoms with Gasteiger partial charge in [0, 0.05) is 0 Å². The van der Waals surface area contributed by atoms with Crippen LogP contribution in [0, 0.1) is 0 Å². The largest absolute Gasteiger partial charge is 0.494 e. The summed E-state index contributed by atoms with van der Waals surface area (Å²) in [6.07, 6.45) is 2.24. The number of nitrogens with one attached hydrogen (secondary N) is 1. The first-order valence-corrected chi connectivity index (χ1v) is 6.98. The number of hydrogen-bond donors (Lipinski definition) is 1. The summed E-state index contributed by atoms with van der Waals surface area (Å²) in [6.45, 7) is 11.8. The van der Waals surface area contributed by atoms with E-state index in [0.29, 0.717) is 0 Å². The van der Waals surface area contributed by atoms with Gasteiger partial charge in [0.25, 0.3) is 0 Å². The van der Waals surface area contributed by atoms with Crippen LogP contribution in [0.1, 0.15) is 46.1 Å². The molecule has 0 aliphatic rings. The van der Waals surface area contributed by atoms with Gasteiger partial charge >= 0.3 is 0 Å². The maximum Gasteiger partial charge on any atom is 0.119 e. The summed E-state index contributed by atoms with van der Waals surface area (Å²) in [6, 6.07) is 8.43. The minimum absolute atomic E-state index is 0.183. The predicted molar refractivity (Wildman–Crippen MR) is 78.4 cm³/mol. The average molecular weight is 249 g/mol. The topological polar surface area (TPSA) is 21.3 Å². The van der Waals surface area contributed by atoms with E-state index in [9.17, 15) is 0 Å². The van der Waals surface area contributed by atoms with Crippen molar-refractivity contribution < 1.29 is 4.74 Å². The molecule has 1 aromatic carbocycles. The quantitative estimate of drug-likeness (QED) is 0.743. The number of ether oxygens (including phenoxy) is 1. The van der Waals surface area contributed by atoms with Gasteiger partial charge in [-0.1, -0.05) is 39.8 Å². The Morgan fingerprint density at radius 3 is 2.61 bits per heavy atom. The molecule has 0 saturated heterocycles. The minimum atomic E-state index is 0.183. The van der Waals surface area contributed by atoms with Gasteiger partial charge in [-0.3, -0.25) is 0 Å². The number of benzene rings is 1. The molecule has 18 heavy (non-hydrogen) atoms. The third-order valence-corrected chi connectivity index (χ3v) is 2.89. The van der Waals surface area contributed by atoms with Crippen LogP contribution in [-0.4, -0.2) is 19.7 Å². The zero-order chi connectivity index (χ0) is 13.4. The fourth-order valence-electron chi connectivity index (χ4n) is 1.74. The molecular formula is C16H27NO. The molecule has 0 aromatic heterocycles. The Balaban J connectivity index is 2.34. The molecule has 1 N–H and O–H groups in total. The van der Waals surface area contributed by atoms with Crippen molar-refractivity contribution in [3.8, 4) is 5.75 Å². The molecule has 2 nitrogen and oxygen atoms in total. The normalized spacial score (nSPS) is 11.6. The summed E-state index contributed by atoms with van der Waals surface area (Å²) < 4.78 is 5.78. The third-order valence-electron chi connectivity index (χ3n) is 2.89. The Morgan fingerprint density at radius 2 is 1.94 bits per heavy atom. The molecule has 0 aliphatic carbocycles. The van der Waals surface area contributed by atoms with E-state index in [1.54, 1.807) is 0 Å². The molecule has 0 heterocycles. The van der Waals surface area contributed by atoms with E-state index in [-0.39, 0.29) is 5.41 Å². The lowest BCUT2D eigenvalue weighted by Crippen LogP contribution is -2.18. The fraction of sp³-hybridized carbons (Fsp3) is 0.625. The van der Waals surface area contributed by atoms with Crippen molar-refractivity contribution in [3.63, 3.8) is 0 Å². The van der Waals surface area contributed by atoms with Crippen molar-refractivity contribution in [2.24, 2.45) is 0 Å². The van der Waals surface area contributed by atoms with E-state index in [4.69, 9.17) is 4.74 Å². The first-order valence-electron chi connectivity index (χ1n) is 6.98. The van der Waals surface area contributed by atoms with Gasteiger partial charge in [-0.25, -0.2) is 0 Å². The van der Waals surface area contributed by atoms with Gasteiger partial charge in [0.05, 0.1) is 6.61 Å². The monoisotopic (exact) mass is 249 g/mol. The molecule has 0 atom stereocenters. The molecule has 0 amide bonds. The van der Waals surface area contributed by atoms with E-state index < -0.39 is 0 Å². The van der Waals surface area contributed by atoms with Crippen LogP contribution in [0.4, 0.5) is 0 Å². The number of hydrogen-bond acceptors (Lipinski definition) is 2. The summed E-state index contributed by atoms with van der Waals surface area (Å²) in [5.41, 5.74) is 1.51. The molecule has 0 unspecified atom stereocenters. The van der Waals surface area contributed by atoms with Crippen LogP contribution in [0.5, 0.6) is 5.75 Å². The Kier molecular flexibility index (Phi) is 6.20. The van der Waals surface area contributed by atoms with Crippen LogP contribution >= 0.6 is 0 Å². The molecule has 0 bridgehead atoms. The van der Waals surface area contributed by atoms with Gasteiger partial charge in [0.2, 0.25) is 0 Å². The molecule has 1 aromatic rings. The van der Waals surface area contributed by atoms with Crippen molar-refractivity contribution in [3.05, 3.63) is 29.8 Å². The summed E-state index contributed by atoms with van der Waals surface area (Å²) >= 11 is 0. The molecule has 0 radical (unpaired) electrons. The highest BCUT2D eigenvalue weighted by molar-refractivity contribution is 5.32. The summed E-state index contributed by atoms with van der Waals surface area (Å²) in [4.78, 5) is 0. The van der Waals surface area contributed by atoms with Crippen LogP contribution in [0.25, 0.3) is 0 Å². The predicted octanol–water partition coefficient (Wildman–Crippen LogP) is 3.75. The zero-order valence-corrected chi connectivity index (χ0v) is 12.3. The van der Waals surface area contributed by atoms with Crippen LogP contribution < -0.4 is 10.1 Å². The van der Waals surface area contributed by atoms with E-state index in [2.05, 4.69) is 51.2 Å². The highest BCUT2D eigenvalue weighted by atomic mass is 16.5. The van der Waals surface area contributed by atoms with E-state index in [1.807, 2.05) is 6.07 Å². The Morgan fingerprint density at radius 1 is 1.17 bits per heavy atom. The van der Waals surface area contributed by atoms with Crippen molar-refractivity contribution in [2.45, 2.75) is 46.0 Å². The summed E-state index contributed by atoms with van der Waals surface area (Å²) in [5.74, 6) is 0.984. The number of rotatable bonds is 7. The fourth-order valence-corrected chi connectivity index (χ4v) is 1.74. The second-order valence-electron chi connectivity index (χ2n) is 5.73. The SMILES string of the molecule is CCCNCCCOc1cccc(C(C)(C)C)c1. The molecule has 0 spiro atoms. The van der Waals surface area contributed by atoms with Crippen molar-refractivity contribution >= 4 is 0 Å². The molecule has 0 fully saturated rings. The van der Waals surface area contributed by atoms with Gasteiger partial charge in [-0.15, -0.1) is 0 Å². The van der Waals surface area contributed by atoms with Crippen molar-refractivity contribution in [2.75, 3.05) is 19.7 Å². The highest BCUT2D eigenvalue weighted by Crippen LogP contribution is 2.25. The molecule has 0 aliphatic heterocycles. The second kappa shape index (κ2) is 7.42. The van der Waals surface area contributed by atoms with Gasteiger partial charge in [0.1, 0.15) is 5.75 Å². The maximum atomic E-state index is 5.78. The Bertz CT molecular complexity index is 341. The molecule has 102 valence electrons. The first-order chi connectivity index (χ1) is 8.54. The van der Waals surface area contributed by atoms with E-state index >= 15 is 0 Å². The van der Waals surface area contributed by atoms with Crippen molar-refractivity contribution in [1.82, 2.24) is 5.32 Å². The van der Waals surface area contributed by atoms with Gasteiger partial charge < -0.3 is 10.1 Å². The van der Waals surface area contributed by atoms with Crippen LogP contribution in [0.15, 0.2) is 24.3 Å². The lowest BCUT2D eigenvalue weighted by Gasteiger charge is -2.19. The summed E-state index contributed by atoms with van der Waals surface area (Å²) in [5, 5.41) is 3.38. The van der Waals surface area contributed by atoms with E-state index in [0.717, 1.165) is 31.9 Å². The highest BCUT2D eigenvalue weighted by Gasteiger charge is 2.13. The average Bonchev–Trinajstić information content (AvgIpc) is 2.33. The summed E-state index contributed by atoms with van der Waals surface area (Å²) in [7, 11) is 0. The zero-order valence-electron chi connectivity index (χ0n) is 12.3. The third kappa shape index (κ3) is 5.54. The Hall–Kier alpha value is -1.02. The van der Waals surface area contributed by atoms with Gasteiger partial charge in [0.15, 0.2) is 0 Å². The second-order valence-corrected chi connectivity index (χ2v) is 5.73. The molecular weight excluding hydrogens is 222 g/mol. The van der Waals surface area contributed by atoms with Crippen LogP contribution in [0.3, 0.4) is 0 Å². The van der Waals surface area contributed by atoms with E-state index in [1.165, 1.54) is 12.0 Å². The standard InChI is InChI=1S/C16H27NO/c1-5-10-17-11-7-12-18-15-9-6-8-14(13-15)16(2,3)4/h6,8-9,13,17H,5,7,10-12H2,1-4H3. The van der Waals surface area contributed by atoms with Crippen molar-refractivity contribution in [1.29, 1.82) is 0 Å². The van der Waals surface area contributed by atoms with Crippen LogP contribution in [0.2, 0.25) is 0 Å². The Labute approximate surface area is 112 Å². The molecule has 0 saturated carbocycles. The maximum absolute atomic E-state index is 5.78. The van der Waals surface area contributed by atoms with Crippen LogP contribution in [-0.2, 0) is 5.41 Å². The molecule has 2 heteroatoms. The smallest absolute Gasteiger partial charge is 0.119 e. The lowest BCUT2D eigenvalue weighted by molar-refractivity contribution is 0.307. The molecule has 1 rings (SSSR count). The van der Waals surface area contributed by atoms with Gasteiger partial charge in [-0.05, 0) is 49.0 Å². The minimum Gasteiger partial charge on any atom is -0.494 e. The van der Waals surface area contributed by atoms with Gasteiger partial charge in [-0.2, -0.15) is 0 Å². The first kappa shape index (κ1) is 15.0.